The molecule has 0 amide bonds. The molecule has 3 rings (SSSR count). The predicted octanol–water partition coefficient (Wildman–Crippen LogP) is -4.23. The van der Waals surface area contributed by atoms with Gasteiger partial charge >= 0.3 is 140 Å². The summed E-state index contributed by atoms with van der Waals surface area (Å²) in [4.78, 5) is 3.67. The topological polar surface area (TPSA) is 15.8 Å². The zero-order chi connectivity index (χ0) is 15.1. The number of benzene rings is 1. The monoisotopic (exact) mass is 439 g/mol. The third kappa shape index (κ3) is 3.90. The smallest absolute Gasteiger partial charge is 1.00 e. The molecule has 1 aromatic heterocycles. The Kier molecular flexibility index (Phi) is 7.47. The van der Waals surface area contributed by atoms with E-state index in [1.165, 1.54) is 27.3 Å². The first kappa shape index (κ1) is 20.8. The van der Waals surface area contributed by atoms with E-state index >= 15 is 0 Å². The van der Waals surface area contributed by atoms with Crippen LogP contribution in [-0.4, -0.2) is 18.6 Å². The number of fused-ring (bicyclic) bond motifs is 1. The fourth-order valence-electron chi connectivity index (χ4n) is 2.85. The standard InChI is InChI=1S/C11H11Si.C7H10N.2ClH.Zr/c1-12(2)11-7-9-5-3-4-6-10(9)8-11;1-5-4-8-7(3)6(5)2;;;/h3-7H,1-2H3;8H,1-3H3;2*1H;/q;;;;+2/p-2. The van der Waals surface area contributed by atoms with Crippen LogP contribution in [0.3, 0.4) is 0 Å². The van der Waals surface area contributed by atoms with E-state index < -0.39 is 31.6 Å². The van der Waals surface area contributed by atoms with Gasteiger partial charge in [-0.15, -0.1) is 0 Å². The zero-order valence-electron chi connectivity index (χ0n) is 14.1. The number of nitrogens with one attached hydrogen (secondary N) is 1. The Morgan fingerprint density at radius 2 is 1.61 bits per heavy atom. The largest absolute Gasteiger partial charge is 1.00 e. The number of aromatic nitrogens is 1. The van der Waals surface area contributed by atoms with Gasteiger partial charge in [0.1, 0.15) is 0 Å². The molecule has 2 aromatic rings. The summed E-state index contributed by atoms with van der Waals surface area (Å²) in [6.45, 7) is 11.6. The molecule has 120 valence electrons. The summed E-state index contributed by atoms with van der Waals surface area (Å²) >= 11 is -0.775. The summed E-state index contributed by atoms with van der Waals surface area (Å²) in [6, 6.07) is 8.93. The molecule has 5 heteroatoms. The molecule has 1 aromatic carbocycles. The van der Waals surface area contributed by atoms with Crippen molar-refractivity contribution in [2.24, 2.45) is 0 Å². The molecule has 0 unspecified atom stereocenters. The van der Waals surface area contributed by atoms with E-state index in [1.807, 2.05) is 0 Å². The minimum absolute atomic E-state index is 0. The van der Waals surface area contributed by atoms with Crippen LogP contribution in [0.15, 0.2) is 24.3 Å². The summed E-state index contributed by atoms with van der Waals surface area (Å²) in [7, 11) is -0.409. The second-order valence-electron chi connectivity index (χ2n) is 6.02. The van der Waals surface area contributed by atoms with E-state index in [0.29, 0.717) is 0 Å². The van der Waals surface area contributed by atoms with Crippen molar-refractivity contribution < 1.29 is 48.0 Å². The van der Waals surface area contributed by atoms with Crippen LogP contribution in [0.4, 0.5) is 0 Å². The third-order valence-corrected chi connectivity index (χ3v) is 10.3. The SMILES string of the molecule is Cc1[nH][c]([Zr+2][C]2=c3ccccc3=CC2=[Si](C)C)c(C)c1C.[Cl-].[Cl-]. The van der Waals surface area contributed by atoms with E-state index in [4.69, 9.17) is 0 Å². The Hall–Kier alpha value is -0.210. The number of rotatable bonds is 2. The van der Waals surface area contributed by atoms with Crippen LogP contribution in [0.25, 0.3) is 9.36 Å². The molecular formula is C18H21Cl2NSiZr. The van der Waals surface area contributed by atoms with E-state index in [-0.39, 0.29) is 24.8 Å². The minimum Gasteiger partial charge on any atom is -1.00 e. The van der Waals surface area contributed by atoms with Gasteiger partial charge in [-0.1, -0.05) is 0 Å². The normalized spacial score (nSPS) is 11.9. The maximum Gasteiger partial charge on any atom is -1.00 e. The number of aromatic amines is 1. The Bertz CT molecular complexity index is 877. The predicted molar refractivity (Wildman–Crippen MR) is 90.7 cm³/mol. The van der Waals surface area contributed by atoms with Crippen molar-refractivity contribution in [3.8, 4) is 0 Å². The number of halogens is 2. The first-order valence-corrected chi connectivity index (χ1v) is 12.4. The van der Waals surface area contributed by atoms with Crippen molar-refractivity contribution in [2.45, 2.75) is 33.9 Å². The molecular weight excluding hydrogens is 420 g/mol. The Labute approximate surface area is 163 Å². The van der Waals surface area contributed by atoms with Gasteiger partial charge in [0.15, 0.2) is 0 Å². The van der Waals surface area contributed by atoms with Crippen LogP contribution >= 0.6 is 0 Å². The van der Waals surface area contributed by atoms with Crippen molar-refractivity contribution in [3.05, 3.63) is 51.5 Å². The summed E-state index contributed by atoms with van der Waals surface area (Å²) in [5.41, 5.74) is 4.29. The second kappa shape index (κ2) is 8.25. The number of hydrogen-bond donors (Lipinski definition) is 1. The fraction of sp³-hybridized carbons (Fsp3) is 0.278. The molecule has 0 aliphatic heterocycles. The van der Waals surface area contributed by atoms with Crippen molar-refractivity contribution in [3.63, 3.8) is 0 Å². The maximum absolute atomic E-state index is 3.67. The second-order valence-corrected chi connectivity index (χ2v) is 11.6. The van der Waals surface area contributed by atoms with E-state index in [2.05, 4.69) is 69.2 Å². The Balaban J connectivity index is 0.00000132. The van der Waals surface area contributed by atoms with Crippen LogP contribution in [0.2, 0.25) is 13.1 Å². The van der Waals surface area contributed by atoms with Gasteiger partial charge in [-0.25, -0.2) is 0 Å². The molecule has 1 heterocycles. The minimum atomic E-state index is -0.775. The van der Waals surface area contributed by atoms with E-state index in [0.717, 1.165) is 0 Å². The summed E-state index contributed by atoms with van der Waals surface area (Å²) in [6.07, 6.45) is 2.46. The van der Waals surface area contributed by atoms with Crippen LogP contribution < -0.4 is 38.7 Å². The van der Waals surface area contributed by atoms with Gasteiger partial charge in [0.2, 0.25) is 0 Å². The summed E-state index contributed by atoms with van der Waals surface area (Å²) in [5, 5.41) is 4.61. The van der Waals surface area contributed by atoms with Gasteiger partial charge in [0, 0.05) is 0 Å². The Morgan fingerprint density at radius 1 is 0.957 bits per heavy atom. The fourth-order valence-corrected chi connectivity index (χ4v) is 9.69. The molecule has 0 saturated heterocycles. The van der Waals surface area contributed by atoms with Crippen molar-refractivity contribution in [1.29, 1.82) is 0 Å². The molecule has 1 N–H and O–H groups in total. The first-order chi connectivity index (χ1) is 9.99. The van der Waals surface area contributed by atoms with Gasteiger partial charge in [-0.3, -0.25) is 0 Å². The molecule has 23 heavy (non-hydrogen) atoms. The summed E-state index contributed by atoms with van der Waals surface area (Å²) < 4.78 is 3.26. The molecule has 0 radical (unpaired) electrons. The van der Waals surface area contributed by atoms with Crippen molar-refractivity contribution >= 4 is 26.3 Å². The van der Waals surface area contributed by atoms with E-state index in [9.17, 15) is 0 Å². The maximum atomic E-state index is 3.67. The van der Waals surface area contributed by atoms with E-state index in [1.54, 1.807) is 11.9 Å². The molecule has 0 spiro atoms. The van der Waals surface area contributed by atoms with Gasteiger partial charge in [-0.2, -0.15) is 0 Å². The first-order valence-electron chi connectivity index (χ1n) is 7.40. The van der Waals surface area contributed by atoms with Crippen LogP contribution in [0, 0.1) is 20.8 Å². The van der Waals surface area contributed by atoms with Crippen molar-refractivity contribution in [1.82, 2.24) is 4.98 Å². The Morgan fingerprint density at radius 3 is 2.17 bits per heavy atom. The average molecular weight is 442 g/mol. The number of aryl methyl sites for hydroxylation is 1. The van der Waals surface area contributed by atoms with Crippen LogP contribution in [0.5, 0.6) is 0 Å². The van der Waals surface area contributed by atoms with Gasteiger partial charge in [-0.05, 0) is 0 Å². The molecule has 1 nitrogen and oxygen atoms in total. The van der Waals surface area contributed by atoms with Crippen LogP contribution in [0.1, 0.15) is 16.8 Å². The molecule has 0 saturated carbocycles. The van der Waals surface area contributed by atoms with Gasteiger partial charge in [0.05, 0.1) is 0 Å². The molecule has 0 bridgehead atoms. The van der Waals surface area contributed by atoms with Crippen molar-refractivity contribution in [2.75, 3.05) is 0 Å². The average Bonchev–Trinajstić information content (AvgIpc) is 2.94. The van der Waals surface area contributed by atoms with Crippen LogP contribution in [-0.2, 0) is 23.2 Å². The molecule has 0 atom stereocenters. The molecule has 1 aliphatic carbocycles. The number of H-pyrrole nitrogens is 1. The molecule has 0 fully saturated rings. The number of hydrogen-bond acceptors (Lipinski definition) is 0. The third-order valence-electron chi connectivity index (χ3n) is 4.40. The summed E-state index contributed by atoms with van der Waals surface area (Å²) in [5.74, 6) is 0. The van der Waals surface area contributed by atoms with Gasteiger partial charge in [0.25, 0.3) is 0 Å². The molecule has 1 aliphatic rings. The van der Waals surface area contributed by atoms with Gasteiger partial charge < -0.3 is 24.8 Å². The zero-order valence-corrected chi connectivity index (χ0v) is 19.1. The quantitative estimate of drug-likeness (QED) is 0.455.